The molecule has 1 N–H and O–H groups in total. The zero-order valence-corrected chi connectivity index (χ0v) is 16.4. The molecule has 0 saturated heterocycles. The maximum atomic E-state index is 9.19. The molecule has 0 bridgehead atoms. The Kier molecular flexibility index (Phi) is 5.88. The molecule has 0 radical (unpaired) electrons. The van der Waals surface area contributed by atoms with E-state index in [1.165, 1.54) is 0 Å². The van der Waals surface area contributed by atoms with E-state index in [0.29, 0.717) is 12.4 Å². The van der Waals surface area contributed by atoms with Gasteiger partial charge in [-0.3, -0.25) is 4.68 Å². The maximum Gasteiger partial charge on any atom is 0.148 e. The fraction of sp³-hybridized carbons (Fsp3) is 0.357. The number of benzene rings is 1. The Morgan fingerprint density at radius 1 is 1.24 bits per heavy atom. The Labute approximate surface area is 148 Å². The number of rotatable bonds is 5. The van der Waals surface area contributed by atoms with Crippen molar-refractivity contribution in [2.45, 2.75) is 33.6 Å². The second kappa shape index (κ2) is 7.26. The minimum atomic E-state index is -0.00910. The molecule has 21 heavy (non-hydrogen) atoms. The molecule has 1 aromatic heterocycles. The molecule has 0 amide bonds. The summed E-state index contributed by atoms with van der Waals surface area (Å²) >= 11 is 10.5. The van der Waals surface area contributed by atoms with Crippen LogP contribution in [0.2, 0.25) is 0 Å². The van der Waals surface area contributed by atoms with Crippen molar-refractivity contribution < 1.29 is 9.84 Å². The fourth-order valence-electron chi connectivity index (χ4n) is 1.99. The van der Waals surface area contributed by atoms with Crippen LogP contribution in [0.1, 0.15) is 23.9 Å². The van der Waals surface area contributed by atoms with Gasteiger partial charge in [-0.25, -0.2) is 0 Å². The predicted molar refractivity (Wildman–Crippen MR) is 92.4 cm³/mol. The van der Waals surface area contributed by atoms with Gasteiger partial charge in [-0.2, -0.15) is 5.10 Å². The van der Waals surface area contributed by atoms with E-state index in [-0.39, 0.29) is 6.61 Å². The van der Waals surface area contributed by atoms with Crippen molar-refractivity contribution >= 4 is 47.8 Å². The van der Waals surface area contributed by atoms with Crippen LogP contribution in [-0.4, -0.2) is 14.9 Å². The number of ether oxygens (including phenoxy) is 1. The van der Waals surface area contributed by atoms with E-state index < -0.39 is 0 Å². The molecule has 0 spiro atoms. The van der Waals surface area contributed by atoms with Crippen LogP contribution in [-0.2, 0) is 19.8 Å². The Hall–Kier alpha value is -0.370. The van der Waals surface area contributed by atoms with Crippen LogP contribution in [0.15, 0.2) is 25.6 Å². The summed E-state index contributed by atoms with van der Waals surface area (Å²) in [5.41, 5.74) is 2.76. The van der Waals surface area contributed by atoms with Crippen molar-refractivity contribution in [1.82, 2.24) is 9.78 Å². The standard InChI is InChI=1S/C14H15Br3N2O2/c1-3-19-12(13(17)8(2)18-19)7-21-14-10(15)4-9(6-20)5-11(14)16/h4-5,20H,3,6-7H2,1-2H3. The van der Waals surface area contributed by atoms with Crippen LogP contribution in [0.3, 0.4) is 0 Å². The largest absolute Gasteiger partial charge is 0.485 e. The summed E-state index contributed by atoms with van der Waals surface area (Å²) in [4.78, 5) is 0. The summed E-state index contributed by atoms with van der Waals surface area (Å²) in [5, 5.41) is 13.6. The zero-order chi connectivity index (χ0) is 15.6. The fourth-order valence-corrected chi connectivity index (χ4v) is 3.90. The Morgan fingerprint density at radius 3 is 2.38 bits per heavy atom. The number of aromatic nitrogens is 2. The normalized spacial score (nSPS) is 11.0. The molecule has 2 aromatic rings. The third-order valence-electron chi connectivity index (χ3n) is 3.05. The molecule has 7 heteroatoms. The maximum absolute atomic E-state index is 9.19. The van der Waals surface area contributed by atoms with Crippen molar-refractivity contribution in [2.24, 2.45) is 0 Å². The summed E-state index contributed by atoms with van der Waals surface area (Å²) in [6.07, 6.45) is 0. The van der Waals surface area contributed by atoms with Crippen LogP contribution in [0.4, 0.5) is 0 Å². The van der Waals surface area contributed by atoms with Crippen molar-refractivity contribution in [3.8, 4) is 5.75 Å². The molecule has 0 fully saturated rings. The number of aliphatic hydroxyl groups is 1. The van der Waals surface area contributed by atoms with E-state index in [2.05, 4.69) is 52.9 Å². The summed E-state index contributed by atoms with van der Waals surface area (Å²) < 4.78 is 10.4. The zero-order valence-electron chi connectivity index (χ0n) is 11.7. The van der Waals surface area contributed by atoms with Gasteiger partial charge in [-0.15, -0.1) is 0 Å². The highest BCUT2D eigenvalue weighted by Gasteiger charge is 2.15. The number of halogens is 3. The van der Waals surface area contributed by atoms with Gasteiger partial charge < -0.3 is 9.84 Å². The van der Waals surface area contributed by atoms with Gasteiger partial charge in [-0.1, -0.05) is 0 Å². The van der Waals surface area contributed by atoms with E-state index in [1.54, 1.807) is 0 Å². The van der Waals surface area contributed by atoms with Gasteiger partial charge in [-0.05, 0) is 79.3 Å². The lowest BCUT2D eigenvalue weighted by atomic mass is 10.2. The average molecular weight is 483 g/mol. The Morgan fingerprint density at radius 2 is 1.86 bits per heavy atom. The monoisotopic (exact) mass is 480 g/mol. The van der Waals surface area contributed by atoms with Gasteiger partial charge in [0, 0.05) is 6.54 Å². The molecule has 0 aliphatic carbocycles. The quantitative estimate of drug-likeness (QED) is 0.679. The summed E-state index contributed by atoms with van der Waals surface area (Å²) in [6.45, 7) is 5.19. The first-order chi connectivity index (χ1) is 9.97. The van der Waals surface area contributed by atoms with Crippen molar-refractivity contribution in [3.63, 3.8) is 0 Å². The molecule has 1 heterocycles. The van der Waals surface area contributed by atoms with Crippen molar-refractivity contribution in [1.29, 1.82) is 0 Å². The van der Waals surface area contributed by atoms with E-state index in [4.69, 9.17) is 4.74 Å². The molecule has 0 saturated carbocycles. The summed E-state index contributed by atoms with van der Waals surface area (Å²) in [5.74, 6) is 0.709. The van der Waals surface area contributed by atoms with E-state index in [9.17, 15) is 5.11 Å². The van der Waals surface area contributed by atoms with E-state index >= 15 is 0 Å². The third kappa shape index (κ3) is 3.70. The SMILES string of the molecule is CCn1nc(C)c(Br)c1COc1c(Br)cc(CO)cc1Br. The number of hydrogen-bond acceptors (Lipinski definition) is 3. The Bertz CT molecular complexity index is 633. The van der Waals surface area contributed by atoms with E-state index in [1.807, 2.05) is 30.7 Å². The van der Waals surface area contributed by atoms with Crippen LogP contribution in [0.5, 0.6) is 5.75 Å². The van der Waals surface area contributed by atoms with Gasteiger partial charge >= 0.3 is 0 Å². The molecule has 0 aliphatic rings. The van der Waals surface area contributed by atoms with Gasteiger partial charge in [0.15, 0.2) is 0 Å². The number of nitrogens with zero attached hydrogens (tertiary/aromatic N) is 2. The molecule has 0 aliphatic heterocycles. The number of aliphatic hydroxyl groups excluding tert-OH is 1. The molecule has 0 unspecified atom stereocenters. The second-order valence-electron chi connectivity index (χ2n) is 4.50. The number of hydrogen-bond donors (Lipinski definition) is 1. The van der Waals surface area contributed by atoms with Crippen molar-refractivity contribution in [2.75, 3.05) is 0 Å². The third-order valence-corrected chi connectivity index (χ3v) is 5.26. The first-order valence-electron chi connectivity index (χ1n) is 6.41. The predicted octanol–water partition coefficient (Wildman–Crippen LogP) is 4.57. The lowest BCUT2D eigenvalue weighted by molar-refractivity contribution is 0.278. The lowest BCUT2D eigenvalue weighted by Crippen LogP contribution is -2.07. The molecule has 2 rings (SSSR count). The lowest BCUT2D eigenvalue weighted by Gasteiger charge is -2.13. The molecule has 1 aromatic carbocycles. The van der Waals surface area contributed by atoms with Crippen LogP contribution < -0.4 is 4.74 Å². The van der Waals surface area contributed by atoms with Gasteiger partial charge in [0.25, 0.3) is 0 Å². The minimum Gasteiger partial charge on any atom is -0.485 e. The molecular formula is C14H15Br3N2O2. The summed E-state index contributed by atoms with van der Waals surface area (Å²) in [7, 11) is 0. The van der Waals surface area contributed by atoms with Gasteiger partial charge in [0.1, 0.15) is 12.4 Å². The van der Waals surface area contributed by atoms with Crippen LogP contribution in [0.25, 0.3) is 0 Å². The highest BCUT2D eigenvalue weighted by Crippen LogP contribution is 2.36. The van der Waals surface area contributed by atoms with Crippen LogP contribution in [0, 0.1) is 6.92 Å². The van der Waals surface area contributed by atoms with E-state index in [0.717, 1.165) is 36.9 Å². The van der Waals surface area contributed by atoms with Gasteiger partial charge in [0.2, 0.25) is 0 Å². The number of aryl methyl sites for hydroxylation is 2. The molecular weight excluding hydrogens is 468 g/mol. The van der Waals surface area contributed by atoms with Crippen molar-refractivity contribution in [3.05, 3.63) is 42.5 Å². The molecule has 0 atom stereocenters. The summed E-state index contributed by atoms with van der Waals surface area (Å²) in [6, 6.07) is 3.69. The second-order valence-corrected chi connectivity index (χ2v) is 7.00. The topological polar surface area (TPSA) is 47.3 Å². The minimum absolute atomic E-state index is 0.00910. The highest BCUT2D eigenvalue weighted by atomic mass is 79.9. The average Bonchev–Trinajstić information content (AvgIpc) is 2.73. The molecule has 114 valence electrons. The first-order valence-corrected chi connectivity index (χ1v) is 8.79. The highest BCUT2D eigenvalue weighted by molar-refractivity contribution is 9.11. The Balaban J connectivity index is 2.25. The van der Waals surface area contributed by atoms with Crippen LogP contribution >= 0.6 is 47.8 Å². The molecule has 4 nitrogen and oxygen atoms in total. The van der Waals surface area contributed by atoms with Gasteiger partial charge in [0.05, 0.1) is 31.4 Å². The first kappa shape index (κ1) is 17.0. The smallest absolute Gasteiger partial charge is 0.148 e.